The minimum Gasteiger partial charge on any atom is -0.466 e. The summed E-state index contributed by atoms with van der Waals surface area (Å²) in [7, 11) is 0. The van der Waals surface area contributed by atoms with E-state index in [0.29, 0.717) is 44.0 Å². The Morgan fingerprint density at radius 3 is 2.76 bits per heavy atom. The topological polar surface area (TPSA) is 117 Å². The first-order valence-electron chi connectivity index (χ1n) is 10.9. The van der Waals surface area contributed by atoms with Crippen LogP contribution < -0.4 is 15.8 Å². The molecule has 0 aromatic carbocycles. The maximum Gasteiger partial charge on any atom is 0.309 e. The highest BCUT2D eigenvalue weighted by Crippen LogP contribution is 2.26. The molecule has 3 rings (SSSR count). The maximum atomic E-state index is 13.4. The number of amides is 1. The Hall–Kier alpha value is -3.93. The van der Waals surface area contributed by atoms with Crippen LogP contribution in [0.5, 0.6) is 0 Å². The van der Waals surface area contributed by atoms with Gasteiger partial charge in [0.15, 0.2) is 0 Å². The largest absolute Gasteiger partial charge is 0.466 e. The molecule has 9 heteroatoms. The van der Waals surface area contributed by atoms with Crippen LogP contribution in [0.4, 0.5) is 5.82 Å². The van der Waals surface area contributed by atoms with Crippen molar-refractivity contribution in [1.29, 1.82) is 5.26 Å². The number of carbonyl (C=O) groups excluding carboxylic acids is 2. The molecule has 2 aromatic heterocycles. The minimum absolute atomic E-state index is 0.151. The molecule has 9 nitrogen and oxygen atoms in total. The van der Waals surface area contributed by atoms with Crippen LogP contribution >= 0.6 is 0 Å². The summed E-state index contributed by atoms with van der Waals surface area (Å²) >= 11 is 0. The second-order valence-electron chi connectivity index (χ2n) is 7.72. The van der Waals surface area contributed by atoms with Gasteiger partial charge in [-0.1, -0.05) is 12.1 Å². The van der Waals surface area contributed by atoms with E-state index in [1.165, 1.54) is 16.6 Å². The molecule has 0 saturated carbocycles. The van der Waals surface area contributed by atoms with Crippen molar-refractivity contribution < 1.29 is 14.3 Å². The predicted octanol–water partition coefficient (Wildman–Crippen LogP) is 1.99. The van der Waals surface area contributed by atoms with Gasteiger partial charge in [0, 0.05) is 25.8 Å². The number of anilines is 1. The van der Waals surface area contributed by atoms with Gasteiger partial charge in [0.05, 0.1) is 18.1 Å². The Labute approximate surface area is 192 Å². The fourth-order valence-electron chi connectivity index (χ4n) is 3.81. The fourth-order valence-corrected chi connectivity index (χ4v) is 3.81. The molecule has 172 valence electrons. The average molecular weight is 450 g/mol. The molecule has 0 unspecified atom stereocenters. The number of hydrogen-bond acceptors (Lipinski definition) is 7. The molecule has 33 heavy (non-hydrogen) atoms. The number of nitrogens with one attached hydrogen (secondary N) is 1. The van der Waals surface area contributed by atoms with Crippen LogP contribution in [0.2, 0.25) is 0 Å². The minimum atomic E-state index is -0.599. The van der Waals surface area contributed by atoms with Gasteiger partial charge in [-0.25, -0.2) is 4.98 Å². The number of nitriles is 1. The van der Waals surface area contributed by atoms with Crippen LogP contribution in [0.3, 0.4) is 0 Å². The number of nitrogens with zero attached hydrogens (tertiary/aromatic N) is 4. The van der Waals surface area contributed by atoms with E-state index >= 15 is 0 Å². The molecule has 1 aliphatic heterocycles. The molecule has 0 radical (unpaired) electrons. The standard InChI is InChI=1S/C24H27N5O4/c1-4-10-26-22(30)18(15-25)14-19-21(27-20-16(3)7-6-11-29(20)23(19)31)28-12-8-17(9-13-28)24(32)33-5-2/h4,6-7,11,14,17H,1,5,8-10,12-13H2,2-3H3,(H,26,30). The third-order valence-electron chi connectivity index (χ3n) is 5.54. The van der Waals surface area contributed by atoms with Crippen molar-refractivity contribution in [3.8, 4) is 6.07 Å². The highest BCUT2D eigenvalue weighted by atomic mass is 16.5. The van der Waals surface area contributed by atoms with Crippen molar-refractivity contribution in [2.75, 3.05) is 31.1 Å². The number of hydrogen-bond donors (Lipinski definition) is 1. The van der Waals surface area contributed by atoms with Crippen molar-refractivity contribution in [3.63, 3.8) is 0 Å². The summed E-state index contributed by atoms with van der Waals surface area (Å²) in [4.78, 5) is 44.6. The zero-order valence-corrected chi connectivity index (χ0v) is 18.8. The molecule has 0 bridgehead atoms. The Morgan fingerprint density at radius 1 is 1.39 bits per heavy atom. The predicted molar refractivity (Wildman–Crippen MR) is 125 cm³/mol. The lowest BCUT2D eigenvalue weighted by Gasteiger charge is -2.32. The first kappa shape index (κ1) is 23.7. The zero-order chi connectivity index (χ0) is 24.0. The number of carbonyl (C=O) groups is 2. The monoisotopic (exact) mass is 449 g/mol. The SMILES string of the molecule is C=CCNC(=O)C(C#N)=Cc1c(N2CCC(C(=O)OCC)CC2)nc2c(C)cccn2c1=O. The van der Waals surface area contributed by atoms with Crippen LogP contribution in [0.25, 0.3) is 11.7 Å². The van der Waals surface area contributed by atoms with Gasteiger partial charge in [-0.05, 0) is 44.4 Å². The summed E-state index contributed by atoms with van der Waals surface area (Å²) in [6.07, 6.45) is 5.51. The van der Waals surface area contributed by atoms with Crippen LogP contribution in [-0.4, -0.2) is 47.5 Å². The van der Waals surface area contributed by atoms with Gasteiger partial charge >= 0.3 is 5.97 Å². The van der Waals surface area contributed by atoms with E-state index in [0.717, 1.165) is 5.56 Å². The normalized spacial score (nSPS) is 14.6. The molecule has 1 amide bonds. The van der Waals surface area contributed by atoms with Gasteiger partial charge in [-0.2, -0.15) is 5.26 Å². The highest BCUT2D eigenvalue weighted by Gasteiger charge is 2.29. The lowest BCUT2D eigenvalue weighted by Crippen LogP contribution is -2.39. The van der Waals surface area contributed by atoms with Gasteiger partial charge in [0.1, 0.15) is 23.1 Å². The van der Waals surface area contributed by atoms with Crippen LogP contribution in [0.15, 0.2) is 41.4 Å². The number of fused-ring (bicyclic) bond motifs is 1. The lowest BCUT2D eigenvalue weighted by molar-refractivity contribution is -0.148. The van der Waals surface area contributed by atoms with Crippen molar-refractivity contribution in [2.24, 2.45) is 5.92 Å². The molecule has 1 N–H and O–H groups in total. The molecule has 1 aliphatic rings. The molecule has 1 fully saturated rings. The molecular weight excluding hydrogens is 422 g/mol. The van der Waals surface area contributed by atoms with E-state index in [9.17, 15) is 19.6 Å². The average Bonchev–Trinajstić information content (AvgIpc) is 2.82. The van der Waals surface area contributed by atoms with E-state index in [1.54, 1.807) is 19.2 Å². The Kier molecular flexibility index (Phi) is 7.61. The van der Waals surface area contributed by atoms with Crippen molar-refractivity contribution in [2.45, 2.75) is 26.7 Å². The molecule has 3 heterocycles. The molecular formula is C24H27N5O4. The van der Waals surface area contributed by atoms with Crippen molar-refractivity contribution in [1.82, 2.24) is 14.7 Å². The van der Waals surface area contributed by atoms with E-state index in [-0.39, 0.29) is 35.1 Å². The number of esters is 1. The summed E-state index contributed by atoms with van der Waals surface area (Å²) in [5.74, 6) is -0.632. The number of rotatable bonds is 7. The maximum absolute atomic E-state index is 13.4. The molecule has 1 saturated heterocycles. The highest BCUT2D eigenvalue weighted by molar-refractivity contribution is 6.02. The number of aryl methyl sites for hydroxylation is 1. The first-order valence-corrected chi connectivity index (χ1v) is 10.9. The van der Waals surface area contributed by atoms with Crippen molar-refractivity contribution >= 4 is 29.4 Å². The summed E-state index contributed by atoms with van der Waals surface area (Å²) in [6.45, 7) is 8.69. The smallest absolute Gasteiger partial charge is 0.309 e. The quantitative estimate of drug-likeness (QED) is 0.297. The van der Waals surface area contributed by atoms with Gasteiger partial charge in [0.2, 0.25) is 0 Å². The number of piperidine rings is 1. The lowest BCUT2D eigenvalue weighted by atomic mass is 9.96. The van der Waals surface area contributed by atoms with E-state index in [2.05, 4.69) is 11.9 Å². The third-order valence-corrected chi connectivity index (χ3v) is 5.54. The summed E-state index contributed by atoms with van der Waals surface area (Å²) < 4.78 is 6.55. The summed E-state index contributed by atoms with van der Waals surface area (Å²) in [6, 6.07) is 5.47. The molecule has 0 aliphatic carbocycles. The second kappa shape index (κ2) is 10.6. The van der Waals surface area contributed by atoms with Crippen molar-refractivity contribution in [3.05, 3.63) is 58.0 Å². The molecule has 0 spiro atoms. The fraction of sp³-hybridized carbons (Fsp3) is 0.375. The van der Waals surface area contributed by atoms with Crippen LogP contribution in [-0.2, 0) is 14.3 Å². The molecule has 0 atom stereocenters. The van der Waals surface area contributed by atoms with E-state index in [4.69, 9.17) is 9.72 Å². The van der Waals surface area contributed by atoms with Gasteiger partial charge in [-0.15, -0.1) is 6.58 Å². The third kappa shape index (κ3) is 5.12. The van der Waals surface area contributed by atoms with Gasteiger partial charge < -0.3 is 15.0 Å². The first-order chi connectivity index (χ1) is 15.9. The van der Waals surface area contributed by atoms with Gasteiger partial charge in [0.25, 0.3) is 11.5 Å². The summed E-state index contributed by atoms with van der Waals surface area (Å²) in [5.41, 5.74) is 0.883. The summed E-state index contributed by atoms with van der Waals surface area (Å²) in [5, 5.41) is 12.1. The molecule has 2 aromatic rings. The second-order valence-corrected chi connectivity index (χ2v) is 7.72. The number of pyridine rings is 1. The van der Waals surface area contributed by atoms with Crippen LogP contribution in [0, 0.1) is 24.2 Å². The number of aromatic nitrogens is 2. The van der Waals surface area contributed by atoms with Gasteiger partial charge in [-0.3, -0.25) is 18.8 Å². The number of ether oxygens (including phenoxy) is 1. The van der Waals surface area contributed by atoms with E-state index in [1.807, 2.05) is 24.0 Å². The Morgan fingerprint density at radius 2 is 2.12 bits per heavy atom. The zero-order valence-electron chi connectivity index (χ0n) is 18.8. The van der Waals surface area contributed by atoms with Crippen LogP contribution in [0.1, 0.15) is 30.9 Å². The van der Waals surface area contributed by atoms with E-state index < -0.39 is 5.91 Å². The Balaban J connectivity index is 2.07. The Bertz CT molecular complexity index is 1200.